The van der Waals surface area contributed by atoms with E-state index >= 15 is 0 Å². The number of terminal acetylenes is 1. The van der Waals surface area contributed by atoms with Crippen molar-refractivity contribution < 1.29 is 4.79 Å². The van der Waals surface area contributed by atoms with Crippen LogP contribution in [0.15, 0.2) is 0 Å². The summed E-state index contributed by atoms with van der Waals surface area (Å²) in [6.07, 6.45) is 11.1. The van der Waals surface area contributed by atoms with E-state index in [1.165, 1.54) is 0 Å². The third kappa shape index (κ3) is 7.34. The van der Waals surface area contributed by atoms with E-state index in [0.29, 0.717) is 25.4 Å². The summed E-state index contributed by atoms with van der Waals surface area (Å²) in [6.45, 7) is 6.14. The van der Waals surface area contributed by atoms with Gasteiger partial charge in [-0.3, -0.25) is 4.79 Å². The molecule has 0 aliphatic rings. The van der Waals surface area contributed by atoms with Crippen LogP contribution in [0.25, 0.3) is 0 Å². The van der Waals surface area contributed by atoms with Gasteiger partial charge in [-0.15, -0.1) is 6.42 Å². The Bertz CT molecular complexity index is 252. The molecule has 0 aliphatic heterocycles. The zero-order chi connectivity index (χ0) is 13.8. The van der Waals surface area contributed by atoms with Crippen molar-refractivity contribution in [1.82, 2.24) is 4.90 Å². The lowest BCUT2D eigenvalue weighted by atomic mass is 9.94. The molecule has 0 fully saturated rings. The minimum Gasteiger partial charge on any atom is -0.332 e. The van der Waals surface area contributed by atoms with Gasteiger partial charge in [0.05, 0.1) is 6.54 Å². The second-order valence-corrected chi connectivity index (χ2v) is 4.79. The third-order valence-electron chi connectivity index (χ3n) is 3.17. The number of nitrogens with two attached hydrogens (primary N) is 1. The molecule has 0 aromatic rings. The maximum Gasteiger partial charge on any atom is 0.223 e. The highest BCUT2D eigenvalue weighted by Crippen LogP contribution is 2.17. The lowest BCUT2D eigenvalue weighted by Gasteiger charge is -2.21. The minimum atomic E-state index is 0.188. The summed E-state index contributed by atoms with van der Waals surface area (Å²) < 4.78 is 0. The van der Waals surface area contributed by atoms with Crippen molar-refractivity contribution in [2.24, 2.45) is 11.7 Å². The van der Waals surface area contributed by atoms with Crippen LogP contribution in [-0.4, -0.2) is 30.4 Å². The molecule has 0 radical (unpaired) electrons. The summed E-state index contributed by atoms with van der Waals surface area (Å²) in [5, 5.41) is 0. The van der Waals surface area contributed by atoms with Gasteiger partial charge >= 0.3 is 0 Å². The molecule has 0 aliphatic carbocycles. The van der Waals surface area contributed by atoms with Gasteiger partial charge in [-0.25, -0.2) is 0 Å². The third-order valence-corrected chi connectivity index (χ3v) is 3.17. The molecule has 0 saturated carbocycles. The molecule has 0 saturated heterocycles. The highest BCUT2D eigenvalue weighted by Gasteiger charge is 2.14. The van der Waals surface area contributed by atoms with Gasteiger partial charge in [-0.05, 0) is 31.7 Å². The van der Waals surface area contributed by atoms with Gasteiger partial charge in [-0.2, -0.15) is 0 Å². The first-order valence-corrected chi connectivity index (χ1v) is 7.10. The first-order chi connectivity index (χ1) is 8.69. The Morgan fingerprint density at radius 1 is 1.28 bits per heavy atom. The molecule has 0 aromatic heterocycles. The van der Waals surface area contributed by atoms with Gasteiger partial charge in [0.25, 0.3) is 0 Å². The first-order valence-electron chi connectivity index (χ1n) is 7.10. The van der Waals surface area contributed by atoms with Gasteiger partial charge in [-0.1, -0.05) is 32.6 Å². The Kier molecular flexibility index (Phi) is 10.5. The predicted molar refractivity (Wildman–Crippen MR) is 77.0 cm³/mol. The number of hydrogen-bond acceptors (Lipinski definition) is 2. The van der Waals surface area contributed by atoms with E-state index in [0.717, 1.165) is 38.6 Å². The fourth-order valence-corrected chi connectivity index (χ4v) is 2.23. The lowest BCUT2D eigenvalue weighted by molar-refractivity contribution is -0.131. The van der Waals surface area contributed by atoms with E-state index in [9.17, 15) is 4.79 Å². The number of carbonyl (C=O) groups excluding carboxylic acids is 1. The normalized spacial score (nSPS) is 11.9. The van der Waals surface area contributed by atoms with E-state index in [2.05, 4.69) is 19.8 Å². The minimum absolute atomic E-state index is 0.188. The van der Waals surface area contributed by atoms with Crippen LogP contribution < -0.4 is 5.73 Å². The van der Waals surface area contributed by atoms with Crippen molar-refractivity contribution in [3.05, 3.63) is 0 Å². The van der Waals surface area contributed by atoms with E-state index in [-0.39, 0.29) is 5.91 Å². The van der Waals surface area contributed by atoms with Gasteiger partial charge < -0.3 is 10.6 Å². The van der Waals surface area contributed by atoms with Crippen molar-refractivity contribution in [3.63, 3.8) is 0 Å². The topological polar surface area (TPSA) is 46.3 Å². The number of nitrogens with zero attached hydrogens (tertiary/aromatic N) is 1. The Morgan fingerprint density at radius 2 is 2.00 bits per heavy atom. The quantitative estimate of drug-likeness (QED) is 0.607. The highest BCUT2D eigenvalue weighted by atomic mass is 16.2. The Labute approximate surface area is 112 Å². The average Bonchev–Trinajstić information content (AvgIpc) is 2.36. The van der Waals surface area contributed by atoms with Gasteiger partial charge in [0, 0.05) is 13.0 Å². The Balaban J connectivity index is 4.13. The largest absolute Gasteiger partial charge is 0.332 e. The maximum atomic E-state index is 12.0. The predicted octanol–water partition coefficient (Wildman–Crippen LogP) is 2.40. The number of rotatable bonds is 10. The van der Waals surface area contributed by atoms with Gasteiger partial charge in [0.2, 0.25) is 5.91 Å². The summed E-state index contributed by atoms with van der Waals surface area (Å²) in [4.78, 5) is 13.8. The van der Waals surface area contributed by atoms with Crippen molar-refractivity contribution in [3.8, 4) is 12.3 Å². The molecule has 0 bridgehead atoms. The molecule has 3 heteroatoms. The van der Waals surface area contributed by atoms with Gasteiger partial charge in [0.1, 0.15) is 0 Å². The van der Waals surface area contributed by atoms with Crippen molar-refractivity contribution in [1.29, 1.82) is 0 Å². The highest BCUT2D eigenvalue weighted by molar-refractivity contribution is 5.76. The SMILES string of the molecule is C#CCN(CCC)C(=O)CCC(CCC)CCN. The number of hydrogen-bond donors (Lipinski definition) is 1. The molecule has 18 heavy (non-hydrogen) atoms. The number of carbonyl (C=O) groups is 1. The van der Waals surface area contributed by atoms with E-state index in [4.69, 9.17) is 12.2 Å². The van der Waals surface area contributed by atoms with Crippen LogP contribution in [0.3, 0.4) is 0 Å². The molecular weight excluding hydrogens is 224 g/mol. The van der Waals surface area contributed by atoms with Gasteiger partial charge in [0.15, 0.2) is 0 Å². The molecule has 1 atom stereocenters. The van der Waals surface area contributed by atoms with Crippen LogP contribution in [0.5, 0.6) is 0 Å². The fourth-order valence-electron chi connectivity index (χ4n) is 2.23. The van der Waals surface area contributed by atoms with Crippen LogP contribution in [-0.2, 0) is 4.79 Å². The molecule has 1 amide bonds. The van der Waals surface area contributed by atoms with Crippen LogP contribution in [0, 0.1) is 18.3 Å². The van der Waals surface area contributed by atoms with Crippen molar-refractivity contribution in [2.45, 2.75) is 52.4 Å². The summed E-state index contributed by atoms with van der Waals surface area (Å²) in [5.41, 5.74) is 5.60. The van der Waals surface area contributed by atoms with E-state index in [1.807, 2.05) is 0 Å². The van der Waals surface area contributed by atoms with Crippen LogP contribution in [0.2, 0.25) is 0 Å². The molecular formula is C15H28N2O. The molecule has 0 spiro atoms. The van der Waals surface area contributed by atoms with Crippen LogP contribution in [0.1, 0.15) is 52.4 Å². The second kappa shape index (κ2) is 11.1. The summed E-state index contributed by atoms with van der Waals surface area (Å²) in [6, 6.07) is 0. The molecule has 104 valence electrons. The lowest BCUT2D eigenvalue weighted by Crippen LogP contribution is -2.32. The standard InChI is InChI=1S/C15H28N2O/c1-4-7-14(10-11-16)8-9-15(18)17(12-5-2)13-6-3/h2,14H,4,6-13,16H2,1,3H3. The average molecular weight is 252 g/mol. The smallest absolute Gasteiger partial charge is 0.223 e. The first kappa shape index (κ1) is 17.0. The Hall–Kier alpha value is -1.01. The molecule has 3 nitrogen and oxygen atoms in total. The van der Waals surface area contributed by atoms with Crippen LogP contribution in [0.4, 0.5) is 0 Å². The van der Waals surface area contributed by atoms with E-state index in [1.54, 1.807) is 4.90 Å². The Morgan fingerprint density at radius 3 is 2.50 bits per heavy atom. The fraction of sp³-hybridized carbons (Fsp3) is 0.800. The summed E-state index contributed by atoms with van der Waals surface area (Å²) in [5.74, 6) is 3.33. The second-order valence-electron chi connectivity index (χ2n) is 4.79. The summed E-state index contributed by atoms with van der Waals surface area (Å²) in [7, 11) is 0. The van der Waals surface area contributed by atoms with Crippen LogP contribution >= 0.6 is 0 Å². The maximum absolute atomic E-state index is 12.0. The molecule has 0 heterocycles. The van der Waals surface area contributed by atoms with E-state index < -0.39 is 0 Å². The molecule has 2 N–H and O–H groups in total. The monoisotopic (exact) mass is 252 g/mol. The van der Waals surface area contributed by atoms with Crippen molar-refractivity contribution in [2.75, 3.05) is 19.6 Å². The van der Waals surface area contributed by atoms with Crippen molar-refractivity contribution >= 4 is 5.91 Å². The zero-order valence-corrected chi connectivity index (χ0v) is 12.0. The molecule has 0 rings (SSSR count). The summed E-state index contributed by atoms with van der Waals surface area (Å²) >= 11 is 0. The molecule has 0 aromatic carbocycles. The number of amides is 1. The zero-order valence-electron chi connectivity index (χ0n) is 12.0. The molecule has 1 unspecified atom stereocenters.